The van der Waals surface area contributed by atoms with Gasteiger partial charge in [0.2, 0.25) is 10.0 Å². The molecule has 0 aromatic heterocycles. The number of nitrogens with one attached hydrogen (secondary N) is 1. The predicted octanol–water partition coefficient (Wildman–Crippen LogP) is 2.30. The number of amides is 1. The number of benzene rings is 2. The number of nitrogens with zero attached hydrogens (tertiary/aromatic N) is 2. The topological polar surface area (TPSA) is 113 Å². The molecule has 1 N–H and O–H groups in total. The third-order valence-electron chi connectivity index (χ3n) is 5.07. The average Bonchev–Trinajstić information content (AvgIpc) is 2.79. The summed E-state index contributed by atoms with van der Waals surface area (Å²) < 4.78 is 52.8. The van der Waals surface area contributed by atoms with Gasteiger partial charge in [-0.1, -0.05) is 23.0 Å². The van der Waals surface area contributed by atoms with Gasteiger partial charge in [0.25, 0.3) is 15.9 Å². The maximum Gasteiger partial charge on any atom is 0.264 e. The van der Waals surface area contributed by atoms with Crippen LogP contribution in [0.15, 0.2) is 58.3 Å². The standard InChI is InChI=1S/C20H25N3O6S2/c1-22(29-2)30(25,26)17-12-10-16(11-13-17)21-20(24)18-8-4-5-9-19(18)31(27,28)23-14-6-3-7-15-23/h4-5,8-13H,3,6-7,14-15H2,1-2H3,(H,21,24). The van der Waals surface area contributed by atoms with Crippen LogP contribution in [0.1, 0.15) is 29.6 Å². The highest BCUT2D eigenvalue weighted by atomic mass is 32.2. The molecule has 2 aromatic rings. The van der Waals surface area contributed by atoms with Crippen LogP contribution in [0.2, 0.25) is 0 Å². The highest BCUT2D eigenvalue weighted by Crippen LogP contribution is 2.25. The number of carbonyl (C=O) groups excluding carboxylic acids is 1. The van der Waals surface area contributed by atoms with Crippen LogP contribution < -0.4 is 5.32 Å². The summed E-state index contributed by atoms with van der Waals surface area (Å²) in [6.07, 6.45) is 2.57. The molecule has 1 aliphatic rings. The van der Waals surface area contributed by atoms with Crippen molar-refractivity contribution >= 4 is 31.6 Å². The molecule has 1 fully saturated rings. The Morgan fingerprint density at radius 2 is 1.58 bits per heavy atom. The summed E-state index contributed by atoms with van der Waals surface area (Å²) in [6, 6.07) is 11.6. The Hall–Kier alpha value is -2.31. The van der Waals surface area contributed by atoms with Gasteiger partial charge in [-0.25, -0.2) is 16.8 Å². The molecule has 168 valence electrons. The Morgan fingerprint density at radius 1 is 0.968 bits per heavy atom. The second-order valence-electron chi connectivity index (χ2n) is 7.04. The van der Waals surface area contributed by atoms with Gasteiger partial charge in [0, 0.05) is 25.8 Å². The molecule has 3 rings (SSSR count). The molecular formula is C20H25N3O6S2. The van der Waals surface area contributed by atoms with Crippen molar-refractivity contribution in [3.05, 3.63) is 54.1 Å². The molecule has 1 heterocycles. The van der Waals surface area contributed by atoms with Crippen molar-refractivity contribution in [1.29, 1.82) is 0 Å². The van der Waals surface area contributed by atoms with E-state index in [0.29, 0.717) is 18.8 Å². The number of sulfonamides is 2. The summed E-state index contributed by atoms with van der Waals surface area (Å²) in [5, 5.41) is 2.63. The first-order valence-corrected chi connectivity index (χ1v) is 12.6. The van der Waals surface area contributed by atoms with Crippen LogP contribution in [0.3, 0.4) is 0 Å². The molecule has 11 heteroatoms. The van der Waals surface area contributed by atoms with E-state index in [9.17, 15) is 21.6 Å². The smallest absolute Gasteiger partial charge is 0.264 e. The van der Waals surface area contributed by atoms with Crippen molar-refractivity contribution in [1.82, 2.24) is 8.77 Å². The molecule has 1 aliphatic heterocycles. The number of rotatable bonds is 7. The summed E-state index contributed by atoms with van der Waals surface area (Å²) in [5.41, 5.74) is 0.359. The van der Waals surface area contributed by atoms with Crippen LogP contribution in [-0.2, 0) is 24.9 Å². The molecule has 1 amide bonds. The van der Waals surface area contributed by atoms with Gasteiger partial charge in [0.1, 0.15) is 0 Å². The van der Waals surface area contributed by atoms with E-state index in [4.69, 9.17) is 4.84 Å². The fourth-order valence-electron chi connectivity index (χ4n) is 3.28. The molecule has 9 nitrogen and oxygen atoms in total. The summed E-state index contributed by atoms with van der Waals surface area (Å²) in [5.74, 6) is -0.596. The summed E-state index contributed by atoms with van der Waals surface area (Å²) in [7, 11) is -5.10. The van der Waals surface area contributed by atoms with Gasteiger partial charge in [0.05, 0.1) is 22.5 Å². The second kappa shape index (κ2) is 9.45. The molecule has 0 spiro atoms. The lowest BCUT2D eigenvalue weighted by atomic mass is 10.2. The highest BCUT2D eigenvalue weighted by Gasteiger charge is 2.30. The first-order chi connectivity index (χ1) is 14.7. The lowest BCUT2D eigenvalue weighted by molar-refractivity contribution is -0.0258. The molecule has 0 unspecified atom stereocenters. The Bertz CT molecular complexity index is 1140. The Labute approximate surface area is 182 Å². The number of piperidine rings is 1. The predicted molar refractivity (Wildman–Crippen MR) is 115 cm³/mol. The van der Waals surface area contributed by atoms with Gasteiger partial charge in [0.15, 0.2) is 0 Å². The van der Waals surface area contributed by atoms with E-state index in [1.807, 2.05) is 0 Å². The Kier molecular flexibility index (Phi) is 7.12. The van der Waals surface area contributed by atoms with E-state index in [2.05, 4.69) is 5.32 Å². The maximum absolute atomic E-state index is 13.1. The summed E-state index contributed by atoms with van der Waals surface area (Å²) >= 11 is 0. The van der Waals surface area contributed by atoms with Crippen LogP contribution in [0, 0.1) is 0 Å². The monoisotopic (exact) mass is 467 g/mol. The van der Waals surface area contributed by atoms with Crippen LogP contribution >= 0.6 is 0 Å². The third-order valence-corrected chi connectivity index (χ3v) is 8.72. The van der Waals surface area contributed by atoms with E-state index in [1.165, 1.54) is 54.9 Å². The van der Waals surface area contributed by atoms with Gasteiger partial charge in [-0.2, -0.15) is 4.31 Å². The summed E-state index contributed by atoms with van der Waals surface area (Å²) in [4.78, 5) is 17.5. The van der Waals surface area contributed by atoms with E-state index < -0.39 is 26.0 Å². The van der Waals surface area contributed by atoms with E-state index in [1.54, 1.807) is 12.1 Å². The quantitative estimate of drug-likeness (QED) is 0.625. The van der Waals surface area contributed by atoms with E-state index >= 15 is 0 Å². The molecule has 31 heavy (non-hydrogen) atoms. The highest BCUT2D eigenvalue weighted by molar-refractivity contribution is 7.89. The minimum atomic E-state index is -3.81. The van der Waals surface area contributed by atoms with Gasteiger partial charge < -0.3 is 5.32 Å². The maximum atomic E-state index is 13.1. The van der Waals surface area contributed by atoms with Crippen molar-refractivity contribution < 1.29 is 26.5 Å². The van der Waals surface area contributed by atoms with E-state index in [-0.39, 0.29) is 15.4 Å². The summed E-state index contributed by atoms with van der Waals surface area (Å²) in [6.45, 7) is 0.869. The van der Waals surface area contributed by atoms with Crippen LogP contribution in [-0.4, -0.2) is 58.8 Å². The van der Waals surface area contributed by atoms with Gasteiger partial charge in [-0.05, 0) is 49.2 Å². The Balaban J connectivity index is 1.83. The molecule has 0 aliphatic carbocycles. The molecule has 0 atom stereocenters. The number of hydrogen-bond donors (Lipinski definition) is 1. The number of hydroxylamine groups is 1. The third kappa shape index (κ3) is 4.96. The zero-order valence-corrected chi connectivity index (χ0v) is 18.9. The largest absolute Gasteiger partial charge is 0.322 e. The molecule has 0 saturated carbocycles. The Morgan fingerprint density at radius 3 is 2.19 bits per heavy atom. The van der Waals surface area contributed by atoms with Gasteiger partial charge in [-0.3, -0.25) is 9.63 Å². The van der Waals surface area contributed by atoms with Crippen molar-refractivity contribution in [2.75, 3.05) is 32.6 Å². The van der Waals surface area contributed by atoms with Crippen molar-refractivity contribution in [3.63, 3.8) is 0 Å². The number of anilines is 1. The second-order valence-corrected chi connectivity index (χ2v) is 10.9. The average molecular weight is 468 g/mol. The number of hydrogen-bond acceptors (Lipinski definition) is 6. The fraction of sp³-hybridized carbons (Fsp3) is 0.350. The van der Waals surface area contributed by atoms with Crippen molar-refractivity contribution in [2.24, 2.45) is 0 Å². The lowest BCUT2D eigenvalue weighted by Gasteiger charge is -2.26. The minimum Gasteiger partial charge on any atom is -0.322 e. The van der Waals surface area contributed by atoms with Crippen LogP contribution in [0.25, 0.3) is 0 Å². The minimum absolute atomic E-state index is 0.0112. The van der Waals surface area contributed by atoms with Crippen LogP contribution in [0.4, 0.5) is 5.69 Å². The van der Waals surface area contributed by atoms with E-state index in [0.717, 1.165) is 23.7 Å². The first-order valence-electron chi connectivity index (χ1n) is 9.71. The normalized spacial score (nSPS) is 15.7. The van der Waals surface area contributed by atoms with Crippen LogP contribution in [0.5, 0.6) is 0 Å². The lowest BCUT2D eigenvalue weighted by Crippen LogP contribution is -2.36. The van der Waals surface area contributed by atoms with Crippen molar-refractivity contribution in [3.8, 4) is 0 Å². The van der Waals surface area contributed by atoms with Gasteiger partial charge >= 0.3 is 0 Å². The van der Waals surface area contributed by atoms with Gasteiger partial charge in [-0.15, -0.1) is 0 Å². The SMILES string of the molecule is CON(C)S(=O)(=O)c1ccc(NC(=O)c2ccccc2S(=O)(=O)N2CCCCC2)cc1. The zero-order valence-electron chi connectivity index (χ0n) is 17.3. The molecular weight excluding hydrogens is 442 g/mol. The molecule has 0 bridgehead atoms. The molecule has 1 saturated heterocycles. The zero-order chi connectivity index (χ0) is 22.6. The molecule has 2 aromatic carbocycles. The first kappa shape index (κ1) is 23.4. The number of carbonyl (C=O) groups is 1. The fourth-order valence-corrected chi connectivity index (χ4v) is 5.96. The molecule has 0 radical (unpaired) electrons. The van der Waals surface area contributed by atoms with Crippen molar-refractivity contribution in [2.45, 2.75) is 29.1 Å².